The number of esters is 1. The molecule has 0 saturated heterocycles. The maximum Gasteiger partial charge on any atom is 0.317 e. The molecule has 0 unspecified atom stereocenters. The predicted molar refractivity (Wildman–Crippen MR) is 111 cm³/mol. The second kappa shape index (κ2) is 10.9. The number of urea groups is 1. The van der Waals surface area contributed by atoms with E-state index in [-0.39, 0.29) is 12.0 Å². The average Bonchev–Trinajstić information content (AvgIpc) is 3.16. The number of unbranched alkanes of at least 4 members (excludes halogenated alkanes) is 3. The van der Waals surface area contributed by atoms with Crippen molar-refractivity contribution in [2.24, 2.45) is 0 Å². The first kappa shape index (κ1) is 20.4. The first-order valence-corrected chi connectivity index (χ1v) is 10.6. The summed E-state index contributed by atoms with van der Waals surface area (Å²) in [5.74, 6) is -0.118. The molecule has 0 aromatic rings. The number of nitrogens with zero attached hydrogens (tertiary/aromatic N) is 1. The number of allylic oxidation sites excluding steroid dienone is 3. The lowest BCUT2D eigenvalue weighted by Gasteiger charge is -2.17. The molecule has 152 valence electrons. The van der Waals surface area contributed by atoms with Gasteiger partial charge in [0.2, 0.25) is 0 Å². The van der Waals surface area contributed by atoms with Gasteiger partial charge in [-0.3, -0.25) is 4.79 Å². The number of hydrogen-bond acceptors (Lipinski definition) is 3. The zero-order chi connectivity index (χ0) is 19.6. The van der Waals surface area contributed by atoms with Crippen molar-refractivity contribution in [1.82, 2.24) is 10.2 Å². The molecule has 0 spiro atoms. The quantitative estimate of drug-likeness (QED) is 0.473. The van der Waals surface area contributed by atoms with Gasteiger partial charge in [-0.25, -0.2) is 4.79 Å². The van der Waals surface area contributed by atoms with Crippen LogP contribution in [-0.2, 0) is 9.53 Å². The summed E-state index contributed by atoms with van der Waals surface area (Å²) in [6.45, 7) is 2.61. The number of nitrogens with one attached hydrogen (secondary N) is 1. The van der Waals surface area contributed by atoms with Crippen LogP contribution >= 0.6 is 0 Å². The van der Waals surface area contributed by atoms with Gasteiger partial charge in [-0.15, -0.1) is 0 Å². The largest absolute Gasteiger partial charge is 0.461 e. The van der Waals surface area contributed by atoms with Gasteiger partial charge in [-0.2, -0.15) is 0 Å². The van der Waals surface area contributed by atoms with Crippen LogP contribution in [0, 0.1) is 0 Å². The van der Waals surface area contributed by atoms with Gasteiger partial charge in [-0.1, -0.05) is 43.2 Å². The van der Waals surface area contributed by atoms with Crippen LogP contribution in [0.15, 0.2) is 47.1 Å². The summed E-state index contributed by atoms with van der Waals surface area (Å²) >= 11 is 0. The van der Waals surface area contributed by atoms with E-state index in [2.05, 4.69) is 29.6 Å². The topological polar surface area (TPSA) is 58.6 Å². The van der Waals surface area contributed by atoms with Gasteiger partial charge in [-0.05, 0) is 55.2 Å². The van der Waals surface area contributed by atoms with Crippen LogP contribution in [0.2, 0.25) is 0 Å². The fourth-order valence-corrected chi connectivity index (χ4v) is 3.81. The Morgan fingerprint density at radius 2 is 1.86 bits per heavy atom. The molecule has 1 N–H and O–H groups in total. The molecule has 5 nitrogen and oxygen atoms in total. The van der Waals surface area contributed by atoms with Gasteiger partial charge in [0.1, 0.15) is 6.61 Å². The molecule has 0 radical (unpaired) electrons. The monoisotopic (exact) mass is 384 g/mol. The van der Waals surface area contributed by atoms with Crippen molar-refractivity contribution in [1.29, 1.82) is 0 Å². The Morgan fingerprint density at radius 1 is 1.00 bits per heavy atom. The van der Waals surface area contributed by atoms with Gasteiger partial charge in [0.15, 0.2) is 0 Å². The maximum atomic E-state index is 12.3. The van der Waals surface area contributed by atoms with Crippen molar-refractivity contribution < 1.29 is 14.3 Å². The molecule has 0 bridgehead atoms. The first-order chi connectivity index (χ1) is 13.7. The molecule has 0 atom stereocenters. The average molecular weight is 385 g/mol. The van der Waals surface area contributed by atoms with Crippen LogP contribution in [0.3, 0.4) is 0 Å². The third-order valence-electron chi connectivity index (χ3n) is 5.47. The molecule has 1 heterocycles. The van der Waals surface area contributed by atoms with E-state index in [1.54, 1.807) is 0 Å². The summed E-state index contributed by atoms with van der Waals surface area (Å²) in [6.07, 6.45) is 19.2. The molecule has 0 aromatic carbocycles. The van der Waals surface area contributed by atoms with Gasteiger partial charge in [0.05, 0.1) is 0 Å². The maximum absolute atomic E-state index is 12.3. The molecule has 3 aliphatic rings. The van der Waals surface area contributed by atoms with Crippen molar-refractivity contribution in [3.05, 3.63) is 47.1 Å². The van der Waals surface area contributed by atoms with Crippen LogP contribution in [0.4, 0.5) is 4.79 Å². The predicted octanol–water partition coefficient (Wildman–Crippen LogP) is 4.43. The lowest BCUT2D eigenvalue weighted by Crippen LogP contribution is -2.39. The van der Waals surface area contributed by atoms with Crippen molar-refractivity contribution in [2.45, 2.75) is 57.8 Å². The zero-order valence-electron chi connectivity index (χ0n) is 16.8. The summed E-state index contributed by atoms with van der Waals surface area (Å²) in [7, 11) is 0. The summed E-state index contributed by atoms with van der Waals surface area (Å²) in [5, 5.41) is 3.02. The van der Waals surface area contributed by atoms with E-state index in [0.29, 0.717) is 19.6 Å². The number of rotatable bonds is 9. The molecule has 2 aliphatic carbocycles. The first-order valence-electron chi connectivity index (χ1n) is 10.6. The Bertz CT molecular complexity index is 688. The van der Waals surface area contributed by atoms with Crippen LogP contribution in [-0.4, -0.2) is 43.1 Å². The molecule has 28 heavy (non-hydrogen) atoms. The van der Waals surface area contributed by atoms with Crippen LogP contribution in [0.25, 0.3) is 0 Å². The number of amides is 2. The van der Waals surface area contributed by atoms with Crippen molar-refractivity contribution in [2.75, 3.05) is 26.2 Å². The van der Waals surface area contributed by atoms with Crippen LogP contribution in [0.5, 0.6) is 0 Å². The second-order valence-electron chi connectivity index (χ2n) is 7.74. The van der Waals surface area contributed by atoms with Crippen molar-refractivity contribution in [3.63, 3.8) is 0 Å². The summed E-state index contributed by atoms with van der Waals surface area (Å²) in [6, 6.07) is 0.0393. The van der Waals surface area contributed by atoms with E-state index in [1.807, 2.05) is 11.0 Å². The minimum Gasteiger partial charge on any atom is -0.461 e. The van der Waals surface area contributed by atoms with Gasteiger partial charge in [0, 0.05) is 26.1 Å². The van der Waals surface area contributed by atoms with Crippen molar-refractivity contribution in [3.8, 4) is 0 Å². The summed E-state index contributed by atoms with van der Waals surface area (Å²) < 4.78 is 5.31. The van der Waals surface area contributed by atoms with E-state index in [0.717, 1.165) is 70.0 Å². The van der Waals surface area contributed by atoms with Crippen LogP contribution < -0.4 is 5.32 Å². The fourth-order valence-electron chi connectivity index (χ4n) is 3.81. The number of ether oxygens (including phenoxy) is 1. The molecule has 0 saturated carbocycles. The van der Waals surface area contributed by atoms with Gasteiger partial charge in [0.25, 0.3) is 0 Å². The molecular weight excluding hydrogens is 352 g/mol. The lowest BCUT2D eigenvalue weighted by molar-refractivity contribution is -0.142. The smallest absolute Gasteiger partial charge is 0.317 e. The molecular formula is C23H32N2O3. The SMILES string of the molecule is O=C(CCCCCCNC(=O)N1CC2=C(CCC=C2)C1)OCC1=CCCC=C1. The van der Waals surface area contributed by atoms with E-state index in [1.165, 1.54) is 11.1 Å². The number of carbonyl (C=O) groups excluding carboxylic acids is 2. The van der Waals surface area contributed by atoms with E-state index >= 15 is 0 Å². The van der Waals surface area contributed by atoms with E-state index < -0.39 is 0 Å². The highest BCUT2D eigenvalue weighted by atomic mass is 16.5. The highest BCUT2D eigenvalue weighted by molar-refractivity contribution is 5.76. The Morgan fingerprint density at radius 3 is 2.68 bits per heavy atom. The zero-order valence-corrected chi connectivity index (χ0v) is 16.8. The Hall–Kier alpha value is -2.30. The highest BCUT2D eigenvalue weighted by Crippen LogP contribution is 2.26. The van der Waals surface area contributed by atoms with E-state index in [4.69, 9.17) is 4.74 Å². The Balaban J connectivity index is 1.17. The summed E-state index contributed by atoms with van der Waals surface area (Å²) in [5.41, 5.74) is 3.84. The van der Waals surface area contributed by atoms with E-state index in [9.17, 15) is 9.59 Å². The number of carbonyl (C=O) groups is 2. The van der Waals surface area contributed by atoms with Crippen LogP contribution in [0.1, 0.15) is 57.8 Å². The molecule has 5 heteroatoms. The highest BCUT2D eigenvalue weighted by Gasteiger charge is 2.24. The Labute approximate surface area is 168 Å². The third-order valence-corrected chi connectivity index (χ3v) is 5.47. The Kier molecular flexibility index (Phi) is 7.94. The molecule has 3 rings (SSSR count). The molecule has 0 fully saturated rings. The normalized spacial score (nSPS) is 18.1. The van der Waals surface area contributed by atoms with Gasteiger partial charge >= 0.3 is 12.0 Å². The minimum atomic E-state index is -0.118. The lowest BCUT2D eigenvalue weighted by atomic mass is 10.0. The third kappa shape index (κ3) is 6.39. The molecule has 2 amide bonds. The minimum absolute atomic E-state index is 0.0393. The second-order valence-corrected chi connectivity index (χ2v) is 7.74. The molecule has 1 aliphatic heterocycles. The standard InChI is InChI=1S/C23H32N2O3/c26-22(28-18-19-10-4-3-5-11-19)14-6-1-2-9-15-24-23(27)25-16-20-12-7-8-13-21(20)17-25/h4,7,10-12H,1-3,5-6,8-9,13-18H2,(H,24,27). The van der Waals surface area contributed by atoms with Crippen molar-refractivity contribution >= 4 is 12.0 Å². The summed E-state index contributed by atoms with van der Waals surface area (Å²) in [4.78, 5) is 25.9. The number of hydrogen-bond donors (Lipinski definition) is 1. The van der Waals surface area contributed by atoms with Gasteiger partial charge < -0.3 is 15.0 Å². The molecule has 0 aromatic heterocycles. The fraction of sp³-hybridized carbons (Fsp3) is 0.565.